The molecule has 1 aliphatic rings. The first-order chi connectivity index (χ1) is 9.84. The third-order valence-electron chi connectivity index (χ3n) is 3.57. The van der Waals surface area contributed by atoms with Gasteiger partial charge in [-0.05, 0) is 49.6 Å². The molecule has 21 heavy (non-hydrogen) atoms. The SMILES string of the molecule is CS(=O)(=O)C1CSCCN1C(CN)c1ccc(Br)c(Br)c1. The van der Waals surface area contributed by atoms with Crippen LogP contribution < -0.4 is 5.73 Å². The van der Waals surface area contributed by atoms with E-state index in [1.54, 1.807) is 11.8 Å². The highest BCUT2D eigenvalue weighted by atomic mass is 79.9. The van der Waals surface area contributed by atoms with Crippen LogP contribution >= 0.6 is 43.6 Å². The van der Waals surface area contributed by atoms with Crippen LogP contribution in [0.15, 0.2) is 27.1 Å². The molecule has 0 aromatic heterocycles. The largest absolute Gasteiger partial charge is 0.329 e. The van der Waals surface area contributed by atoms with Crippen LogP contribution in [0.2, 0.25) is 0 Å². The highest BCUT2D eigenvalue weighted by Gasteiger charge is 2.35. The summed E-state index contributed by atoms with van der Waals surface area (Å²) in [6.07, 6.45) is 1.31. The average molecular weight is 458 g/mol. The van der Waals surface area contributed by atoms with E-state index < -0.39 is 15.2 Å². The maximum absolute atomic E-state index is 12.1. The molecule has 2 atom stereocenters. The predicted octanol–water partition coefficient (Wildman–Crippen LogP) is 2.63. The van der Waals surface area contributed by atoms with Crippen molar-refractivity contribution in [1.29, 1.82) is 0 Å². The molecule has 0 radical (unpaired) electrons. The van der Waals surface area contributed by atoms with Crippen molar-refractivity contribution >= 4 is 53.5 Å². The quantitative estimate of drug-likeness (QED) is 0.752. The van der Waals surface area contributed by atoms with Gasteiger partial charge in [0.25, 0.3) is 0 Å². The summed E-state index contributed by atoms with van der Waals surface area (Å²) < 4.78 is 26.0. The Morgan fingerprint density at radius 2 is 2.14 bits per heavy atom. The zero-order valence-electron chi connectivity index (χ0n) is 11.6. The molecule has 1 saturated heterocycles. The Labute approximate surface area is 147 Å². The molecule has 4 nitrogen and oxygen atoms in total. The highest BCUT2D eigenvalue weighted by molar-refractivity contribution is 9.13. The number of sulfone groups is 1. The fourth-order valence-electron chi connectivity index (χ4n) is 2.50. The van der Waals surface area contributed by atoms with Crippen molar-refractivity contribution in [3.05, 3.63) is 32.7 Å². The van der Waals surface area contributed by atoms with Crippen molar-refractivity contribution in [2.45, 2.75) is 11.4 Å². The monoisotopic (exact) mass is 456 g/mol. The van der Waals surface area contributed by atoms with Crippen molar-refractivity contribution < 1.29 is 8.42 Å². The van der Waals surface area contributed by atoms with Crippen molar-refractivity contribution in [2.24, 2.45) is 5.73 Å². The summed E-state index contributed by atoms with van der Waals surface area (Å²) in [4.78, 5) is 2.03. The minimum Gasteiger partial charge on any atom is -0.329 e. The van der Waals surface area contributed by atoms with Gasteiger partial charge >= 0.3 is 0 Å². The van der Waals surface area contributed by atoms with Gasteiger partial charge in [0.05, 0.1) is 0 Å². The van der Waals surface area contributed by atoms with E-state index in [0.29, 0.717) is 12.3 Å². The highest BCUT2D eigenvalue weighted by Crippen LogP contribution is 2.32. The molecule has 1 aliphatic heterocycles. The summed E-state index contributed by atoms with van der Waals surface area (Å²) in [5, 5.41) is -0.466. The number of halogens is 2. The zero-order valence-corrected chi connectivity index (χ0v) is 16.4. The number of rotatable bonds is 4. The summed E-state index contributed by atoms with van der Waals surface area (Å²) >= 11 is 8.63. The Kier molecular flexibility index (Phi) is 6.18. The average Bonchev–Trinajstić information content (AvgIpc) is 2.43. The second kappa shape index (κ2) is 7.31. The van der Waals surface area contributed by atoms with Crippen molar-refractivity contribution in [1.82, 2.24) is 4.90 Å². The Balaban J connectivity index is 2.36. The first kappa shape index (κ1) is 17.7. The van der Waals surface area contributed by atoms with Gasteiger partial charge in [-0.2, -0.15) is 11.8 Å². The van der Waals surface area contributed by atoms with Crippen LogP contribution in [-0.2, 0) is 9.84 Å². The Hall–Kier alpha value is 0.400. The van der Waals surface area contributed by atoms with Crippen LogP contribution in [0.5, 0.6) is 0 Å². The Morgan fingerprint density at radius 3 is 2.71 bits per heavy atom. The maximum atomic E-state index is 12.1. The molecule has 1 aromatic carbocycles. The summed E-state index contributed by atoms with van der Waals surface area (Å²) in [7, 11) is -3.13. The molecular weight excluding hydrogens is 440 g/mol. The normalized spacial score (nSPS) is 22.2. The summed E-state index contributed by atoms with van der Waals surface area (Å²) in [6, 6.07) is 5.86. The molecule has 0 bridgehead atoms. The van der Waals surface area contributed by atoms with E-state index >= 15 is 0 Å². The number of hydrogen-bond donors (Lipinski definition) is 1. The molecule has 1 fully saturated rings. The standard InChI is InChI=1S/C13H18Br2N2O2S2/c1-21(18,19)13-8-20-5-4-17(13)12(7-16)9-2-3-10(14)11(15)6-9/h2-3,6,12-13H,4-5,7-8,16H2,1H3. The minimum atomic E-state index is -3.13. The number of benzene rings is 1. The second-order valence-corrected chi connectivity index (χ2v) is 10.1. The third kappa shape index (κ3) is 4.23. The molecule has 118 valence electrons. The fourth-order valence-corrected chi connectivity index (χ4v) is 6.07. The molecule has 2 unspecified atom stereocenters. The van der Waals surface area contributed by atoms with E-state index in [1.807, 2.05) is 23.1 Å². The first-order valence-electron chi connectivity index (χ1n) is 6.52. The van der Waals surface area contributed by atoms with Crippen LogP contribution in [0.1, 0.15) is 11.6 Å². The van der Waals surface area contributed by atoms with Gasteiger partial charge in [0.1, 0.15) is 5.37 Å². The molecule has 0 aliphatic carbocycles. The van der Waals surface area contributed by atoms with E-state index in [-0.39, 0.29) is 6.04 Å². The topological polar surface area (TPSA) is 63.4 Å². The van der Waals surface area contributed by atoms with E-state index in [4.69, 9.17) is 5.73 Å². The van der Waals surface area contributed by atoms with Gasteiger partial charge in [-0.15, -0.1) is 0 Å². The molecule has 0 spiro atoms. The van der Waals surface area contributed by atoms with Gasteiger partial charge in [-0.3, -0.25) is 4.90 Å². The molecular formula is C13H18Br2N2O2S2. The second-order valence-electron chi connectivity index (χ2n) is 5.02. The van der Waals surface area contributed by atoms with Gasteiger partial charge in [-0.1, -0.05) is 6.07 Å². The summed E-state index contributed by atoms with van der Waals surface area (Å²) in [5.41, 5.74) is 6.99. The lowest BCUT2D eigenvalue weighted by Gasteiger charge is -2.39. The van der Waals surface area contributed by atoms with Crippen molar-refractivity contribution in [3.63, 3.8) is 0 Å². The molecule has 1 aromatic rings. The molecule has 2 N–H and O–H groups in total. The van der Waals surface area contributed by atoms with E-state index in [9.17, 15) is 8.42 Å². The zero-order chi connectivity index (χ0) is 15.6. The van der Waals surface area contributed by atoms with Crippen LogP contribution in [0.4, 0.5) is 0 Å². The number of nitrogens with zero attached hydrogens (tertiary/aromatic N) is 1. The van der Waals surface area contributed by atoms with Crippen molar-refractivity contribution in [3.8, 4) is 0 Å². The van der Waals surface area contributed by atoms with Gasteiger partial charge in [0.2, 0.25) is 0 Å². The van der Waals surface area contributed by atoms with E-state index in [1.165, 1.54) is 6.26 Å². The maximum Gasteiger partial charge on any atom is 0.164 e. The Morgan fingerprint density at radius 1 is 1.43 bits per heavy atom. The number of thioether (sulfide) groups is 1. The molecule has 0 amide bonds. The lowest BCUT2D eigenvalue weighted by molar-refractivity contribution is 0.198. The summed E-state index contributed by atoms with van der Waals surface area (Å²) in [6.45, 7) is 1.13. The van der Waals surface area contributed by atoms with Crippen LogP contribution in [0.25, 0.3) is 0 Å². The van der Waals surface area contributed by atoms with Crippen LogP contribution in [0, 0.1) is 0 Å². The van der Waals surface area contributed by atoms with Gasteiger partial charge in [0.15, 0.2) is 9.84 Å². The first-order valence-corrected chi connectivity index (χ1v) is 11.2. The molecule has 2 rings (SSSR count). The summed E-state index contributed by atoms with van der Waals surface area (Å²) in [5.74, 6) is 1.53. The number of hydrogen-bond acceptors (Lipinski definition) is 5. The Bertz CT molecular complexity index is 610. The van der Waals surface area contributed by atoms with Crippen LogP contribution in [-0.4, -0.2) is 49.5 Å². The lowest BCUT2D eigenvalue weighted by atomic mass is 10.1. The van der Waals surface area contributed by atoms with Crippen molar-refractivity contribution in [2.75, 3.05) is 30.9 Å². The molecule has 0 saturated carbocycles. The van der Waals surface area contributed by atoms with Gasteiger partial charge in [-0.25, -0.2) is 8.42 Å². The van der Waals surface area contributed by atoms with E-state index in [0.717, 1.165) is 26.8 Å². The van der Waals surface area contributed by atoms with E-state index in [2.05, 4.69) is 31.9 Å². The van der Waals surface area contributed by atoms with Crippen LogP contribution in [0.3, 0.4) is 0 Å². The third-order valence-corrected chi connectivity index (χ3v) is 8.11. The molecule has 8 heteroatoms. The fraction of sp³-hybridized carbons (Fsp3) is 0.538. The molecule has 1 heterocycles. The van der Waals surface area contributed by atoms with Gasteiger partial charge in [0, 0.05) is 45.8 Å². The lowest BCUT2D eigenvalue weighted by Crippen LogP contribution is -2.50. The van der Waals surface area contributed by atoms with Gasteiger partial charge < -0.3 is 5.73 Å². The minimum absolute atomic E-state index is 0.0879. The predicted molar refractivity (Wildman–Crippen MR) is 96.3 cm³/mol. The smallest absolute Gasteiger partial charge is 0.164 e. The number of nitrogens with two attached hydrogens (primary N) is 1.